The third-order valence-corrected chi connectivity index (χ3v) is 9.37. The first kappa shape index (κ1) is 14.8. The van der Waals surface area contributed by atoms with Gasteiger partial charge in [-0.1, -0.05) is 38.5 Å². The lowest BCUT2D eigenvalue weighted by atomic mass is 10.2. The van der Waals surface area contributed by atoms with Crippen molar-refractivity contribution in [3.05, 3.63) is 24.2 Å². The third kappa shape index (κ3) is 4.47. The monoisotopic (exact) mass is 282 g/mol. The minimum absolute atomic E-state index is 0.101. The molecule has 0 saturated carbocycles. The van der Waals surface area contributed by atoms with Crippen LogP contribution in [-0.4, -0.2) is 27.4 Å². The second kappa shape index (κ2) is 6.73. The summed E-state index contributed by atoms with van der Waals surface area (Å²) >= 11 is 0. The molecule has 1 aliphatic rings. The number of furan rings is 1. The maximum atomic E-state index is 6.00. The molecule has 0 aromatic carbocycles. The molecule has 0 radical (unpaired) electrons. The highest BCUT2D eigenvalue weighted by Crippen LogP contribution is 2.30. The van der Waals surface area contributed by atoms with Gasteiger partial charge in [0.2, 0.25) is 0 Å². The van der Waals surface area contributed by atoms with E-state index in [0.29, 0.717) is 12.7 Å². The largest absolute Gasteiger partial charge is 0.467 e. The van der Waals surface area contributed by atoms with Crippen molar-refractivity contribution < 1.29 is 13.9 Å². The maximum Gasteiger partial charge on any atom is 0.132 e. The van der Waals surface area contributed by atoms with E-state index in [1.165, 1.54) is 18.1 Å². The van der Waals surface area contributed by atoms with Gasteiger partial charge >= 0.3 is 0 Å². The maximum absolute atomic E-state index is 6.00. The highest BCUT2D eigenvalue weighted by Gasteiger charge is 2.28. The topological polar surface area (TPSA) is 34.9 Å². The first-order valence-electron chi connectivity index (χ1n) is 7.43. The predicted octanol–water partition coefficient (Wildman–Crippen LogP) is 4.24. The number of epoxide rings is 1. The summed E-state index contributed by atoms with van der Waals surface area (Å²) in [7, 11) is -1.07. The highest BCUT2D eigenvalue weighted by molar-refractivity contribution is 6.78. The zero-order valence-corrected chi connectivity index (χ0v) is 13.4. The molecule has 0 spiro atoms. The summed E-state index contributed by atoms with van der Waals surface area (Å²) in [6, 6.07) is 7.96. The van der Waals surface area contributed by atoms with E-state index in [1.54, 1.807) is 6.26 Å². The fourth-order valence-electron chi connectivity index (χ4n) is 2.25. The Morgan fingerprint density at radius 1 is 1.42 bits per heavy atom. The predicted molar refractivity (Wildman–Crippen MR) is 79.1 cm³/mol. The van der Waals surface area contributed by atoms with Crippen LogP contribution >= 0.6 is 0 Å². The van der Waals surface area contributed by atoms with E-state index < -0.39 is 8.07 Å². The Labute approximate surface area is 117 Å². The standard InChI is InChI=1S/C15H26O3Si/c1-4-19(3,5-2)10-8-15(14-7-6-9-16-14)18-12-13-11-17-13/h6-7,9,13,15H,4-5,8,10-12H2,1-3H3. The van der Waals surface area contributed by atoms with Crippen molar-refractivity contribution in [1.29, 1.82) is 0 Å². The average molecular weight is 282 g/mol. The molecular weight excluding hydrogens is 256 g/mol. The number of hydrogen-bond donors (Lipinski definition) is 0. The molecule has 2 rings (SSSR count). The minimum Gasteiger partial charge on any atom is -0.467 e. The molecule has 1 aliphatic heterocycles. The van der Waals surface area contributed by atoms with Crippen LogP contribution in [-0.2, 0) is 9.47 Å². The highest BCUT2D eigenvalue weighted by atomic mass is 28.3. The smallest absolute Gasteiger partial charge is 0.132 e. The molecule has 0 N–H and O–H groups in total. The number of rotatable bonds is 9. The SMILES string of the molecule is CC[Si](C)(CC)CCC(OCC1CO1)c1ccco1. The second-order valence-electron chi connectivity index (χ2n) is 5.85. The van der Waals surface area contributed by atoms with E-state index in [0.717, 1.165) is 18.8 Å². The van der Waals surface area contributed by atoms with Crippen molar-refractivity contribution in [2.75, 3.05) is 13.2 Å². The van der Waals surface area contributed by atoms with E-state index >= 15 is 0 Å². The van der Waals surface area contributed by atoms with E-state index in [4.69, 9.17) is 13.9 Å². The van der Waals surface area contributed by atoms with E-state index in [9.17, 15) is 0 Å². The fraction of sp³-hybridized carbons (Fsp3) is 0.733. The lowest BCUT2D eigenvalue weighted by molar-refractivity contribution is 0.0256. The molecule has 2 unspecified atom stereocenters. The van der Waals surface area contributed by atoms with Crippen molar-refractivity contribution in [3.63, 3.8) is 0 Å². The van der Waals surface area contributed by atoms with Crippen LogP contribution < -0.4 is 0 Å². The summed E-state index contributed by atoms with van der Waals surface area (Å²) in [5.74, 6) is 0.962. The van der Waals surface area contributed by atoms with Gasteiger partial charge in [0.1, 0.15) is 18.0 Å². The zero-order chi connectivity index (χ0) is 13.7. The van der Waals surface area contributed by atoms with Gasteiger partial charge < -0.3 is 13.9 Å². The van der Waals surface area contributed by atoms with Crippen LogP contribution in [0.4, 0.5) is 0 Å². The molecule has 1 fully saturated rings. The summed E-state index contributed by atoms with van der Waals surface area (Å²) in [5.41, 5.74) is 0. The number of ether oxygens (including phenoxy) is 2. The molecule has 108 valence electrons. The minimum atomic E-state index is -1.07. The lowest BCUT2D eigenvalue weighted by Gasteiger charge is -2.26. The van der Waals surface area contributed by atoms with Crippen LogP contribution in [0, 0.1) is 0 Å². The van der Waals surface area contributed by atoms with Crippen LogP contribution in [0.1, 0.15) is 32.1 Å². The van der Waals surface area contributed by atoms with Gasteiger partial charge in [0.25, 0.3) is 0 Å². The fourth-order valence-corrected chi connectivity index (χ4v) is 4.42. The Kier molecular flexibility index (Phi) is 5.25. The van der Waals surface area contributed by atoms with Crippen LogP contribution in [0.25, 0.3) is 0 Å². The van der Waals surface area contributed by atoms with Crippen LogP contribution in [0.3, 0.4) is 0 Å². The Hall–Kier alpha value is -0.583. The van der Waals surface area contributed by atoms with E-state index in [2.05, 4.69) is 20.4 Å². The van der Waals surface area contributed by atoms with Gasteiger partial charge in [0.15, 0.2) is 0 Å². The summed E-state index contributed by atoms with van der Waals surface area (Å²) in [6.45, 7) is 8.70. The third-order valence-electron chi connectivity index (χ3n) is 4.46. The van der Waals surface area contributed by atoms with Gasteiger partial charge in [-0.25, -0.2) is 0 Å². The van der Waals surface area contributed by atoms with E-state index in [1.807, 2.05) is 12.1 Å². The van der Waals surface area contributed by atoms with Gasteiger partial charge in [-0.15, -0.1) is 0 Å². The second-order valence-corrected chi connectivity index (χ2v) is 11.4. The van der Waals surface area contributed by atoms with Crippen molar-refractivity contribution in [3.8, 4) is 0 Å². The first-order valence-corrected chi connectivity index (χ1v) is 10.6. The molecule has 1 aromatic heterocycles. The molecule has 0 aliphatic carbocycles. The quantitative estimate of drug-likeness (QED) is 0.502. The molecule has 2 atom stereocenters. The lowest BCUT2D eigenvalue weighted by Crippen LogP contribution is -2.28. The molecular formula is C15H26O3Si. The summed E-state index contributed by atoms with van der Waals surface area (Å²) in [4.78, 5) is 0. The normalized spacial score (nSPS) is 20.5. The van der Waals surface area contributed by atoms with Crippen LogP contribution in [0.5, 0.6) is 0 Å². The first-order chi connectivity index (χ1) is 9.17. The molecule has 1 saturated heterocycles. The number of hydrogen-bond acceptors (Lipinski definition) is 3. The zero-order valence-electron chi connectivity index (χ0n) is 12.4. The van der Waals surface area contributed by atoms with Crippen molar-refractivity contribution in [2.24, 2.45) is 0 Å². The molecule has 3 nitrogen and oxygen atoms in total. The molecule has 4 heteroatoms. The summed E-state index contributed by atoms with van der Waals surface area (Å²) in [5, 5.41) is 0. The van der Waals surface area contributed by atoms with Crippen molar-refractivity contribution in [1.82, 2.24) is 0 Å². The van der Waals surface area contributed by atoms with Crippen molar-refractivity contribution >= 4 is 8.07 Å². The Bertz CT molecular complexity index is 355. The summed E-state index contributed by atoms with van der Waals surface area (Å²) < 4.78 is 16.7. The van der Waals surface area contributed by atoms with Gasteiger partial charge in [-0.3, -0.25) is 0 Å². The molecule has 0 amide bonds. The van der Waals surface area contributed by atoms with Gasteiger partial charge in [-0.2, -0.15) is 0 Å². The molecule has 19 heavy (non-hydrogen) atoms. The Morgan fingerprint density at radius 3 is 2.68 bits per heavy atom. The van der Waals surface area contributed by atoms with Gasteiger partial charge in [0, 0.05) is 8.07 Å². The Morgan fingerprint density at radius 2 is 2.16 bits per heavy atom. The molecule has 1 aromatic rings. The van der Waals surface area contributed by atoms with Crippen LogP contribution in [0.2, 0.25) is 24.7 Å². The van der Waals surface area contributed by atoms with Crippen LogP contribution in [0.15, 0.2) is 22.8 Å². The van der Waals surface area contributed by atoms with E-state index in [-0.39, 0.29) is 6.10 Å². The Balaban J connectivity index is 1.89. The average Bonchev–Trinajstić information content (AvgIpc) is 3.11. The summed E-state index contributed by atoms with van der Waals surface area (Å²) in [6.07, 6.45) is 3.22. The van der Waals surface area contributed by atoms with Gasteiger partial charge in [0.05, 0.1) is 19.5 Å². The van der Waals surface area contributed by atoms with Gasteiger partial charge in [-0.05, 0) is 18.6 Å². The molecule has 2 heterocycles. The van der Waals surface area contributed by atoms with Crippen molar-refractivity contribution in [2.45, 2.75) is 57.2 Å². The molecule has 0 bridgehead atoms.